The van der Waals surface area contributed by atoms with Gasteiger partial charge in [-0.15, -0.1) is 0 Å². The summed E-state index contributed by atoms with van der Waals surface area (Å²) in [4.78, 5) is 25.9. The molecule has 1 rings (SSSR count). The molecule has 0 aliphatic heterocycles. The van der Waals surface area contributed by atoms with Crippen LogP contribution in [0.4, 0.5) is 0 Å². The van der Waals surface area contributed by atoms with E-state index in [1.165, 1.54) is 0 Å². The minimum atomic E-state index is -0.0939. The first kappa shape index (κ1) is 19.2. The molecule has 1 aromatic rings. The summed E-state index contributed by atoms with van der Waals surface area (Å²) in [6.07, 6.45) is 1.29. The number of amides is 1. The number of hydrogen-bond acceptors (Lipinski definition) is 4. The molecule has 0 atom stereocenters. The van der Waals surface area contributed by atoms with Crippen molar-refractivity contribution >= 4 is 11.7 Å². The number of nitrogens with two attached hydrogens (primary N) is 1. The fraction of sp³-hybridized carbons (Fsp3) is 0.556. The van der Waals surface area contributed by atoms with E-state index in [0.717, 1.165) is 5.75 Å². The van der Waals surface area contributed by atoms with Gasteiger partial charge in [0, 0.05) is 32.0 Å². The van der Waals surface area contributed by atoms with Crippen molar-refractivity contribution in [3.05, 3.63) is 29.8 Å². The van der Waals surface area contributed by atoms with Crippen LogP contribution < -0.4 is 10.5 Å². The highest BCUT2D eigenvalue weighted by Gasteiger charge is 2.21. The van der Waals surface area contributed by atoms with Gasteiger partial charge in [0.25, 0.3) is 0 Å². The molecule has 0 aliphatic carbocycles. The number of Topliss-reactive ketones (excluding diaryl/α,β-unsaturated/α-hetero) is 1. The number of nitrogens with zero attached hydrogens (tertiary/aromatic N) is 1. The van der Waals surface area contributed by atoms with Crippen LogP contribution in [0.1, 0.15) is 43.5 Å². The Morgan fingerprint density at radius 3 is 2.30 bits per heavy atom. The summed E-state index contributed by atoms with van der Waals surface area (Å²) in [5.74, 6) is 0.820. The van der Waals surface area contributed by atoms with E-state index < -0.39 is 0 Å². The number of benzene rings is 1. The van der Waals surface area contributed by atoms with Gasteiger partial charge in [0.05, 0.1) is 7.11 Å². The molecule has 0 saturated carbocycles. The lowest BCUT2D eigenvalue weighted by molar-refractivity contribution is -0.131. The maximum atomic E-state index is 12.1. The molecule has 0 saturated heterocycles. The lowest BCUT2D eigenvalue weighted by Crippen LogP contribution is -2.39. The van der Waals surface area contributed by atoms with Crippen molar-refractivity contribution in [2.24, 2.45) is 11.1 Å². The highest BCUT2D eigenvalue weighted by atomic mass is 16.5. The lowest BCUT2D eigenvalue weighted by atomic mass is 9.93. The Labute approximate surface area is 138 Å². The Morgan fingerprint density at radius 1 is 1.17 bits per heavy atom. The molecule has 0 radical (unpaired) electrons. The first-order valence-electron chi connectivity index (χ1n) is 7.90. The zero-order chi connectivity index (χ0) is 17.5. The van der Waals surface area contributed by atoms with Gasteiger partial charge in [-0.05, 0) is 42.6 Å². The number of carbonyl (C=O) groups is 2. The fourth-order valence-electron chi connectivity index (χ4n) is 2.31. The molecule has 1 amide bonds. The van der Waals surface area contributed by atoms with Crippen LogP contribution in [-0.2, 0) is 4.79 Å². The SMILES string of the molecule is COc1ccc(C(=O)CCCC(=O)N(C)CC(C)(C)CN)cc1. The molecule has 0 fully saturated rings. The van der Waals surface area contributed by atoms with Gasteiger partial charge in [0.1, 0.15) is 5.75 Å². The zero-order valence-corrected chi connectivity index (χ0v) is 14.6. The Kier molecular flexibility index (Phi) is 7.23. The molecule has 5 heteroatoms. The molecule has 0 spiro atoms. The van der Waals surface area contributed by atoms with E-state index in [1.54, 1.807) is 43.3 Å². The van der Waals surface area contributed by atoms with Crippen LogP contribution in [0, 0.1) is 5.41 Å². The number of rotatable bonds is 9. The van der Waals surface area contributed by atoms with E-state index in [1.807, 2.05) is 13.8 Å². The van der Waals surface area contributed by atoms with E-state index in [4.69, 9.17) is 10.5 Å². The summed E-state index contributed by atoms with van der Waals surface area (Å²) >= 11 is 0. The molecule has 2 N–H and O–H groups in total. The van der Waals surface area contributed by atoms with Crippen molar-refractivity contribution in [3.8, 4) is 5.75 Å². The topological polar surface area (TPSA) is 72.6 Å². The van der Waals surface area contributed by atoms with Crippen molar-refractivity contribution in [3.63, 3.8) is 0 Å². The first-order valence-corrected chi connectivity index (χ1v) is 7.90. The third kappa shape index (κ3) is 6.40. The Hall–Kier alpha value is -1.88. The summed E-state index contributed by atoms with van der Waals surface area (Å²) in [6, 6.07) is 7.03. The lowest BCUT2D eigenvalue weighted by Gasteiger charge is -2.29. The highest BCUT2D eigenvalue weighted by Crippen LogP contribution is 2.16. The van der Waals surface area contributed by atoms with Gasteiger partial charge in [-0.2, -0.15) is 0 Å². The second-order valence-corrected chi connectivity index (χ2v) is 6.62. The molecule has 5 nitrogen and oxygen atoms in total. The number of ketones is 1. The monoisotopic (exact) mass is 320 g/mol. The highest BCUT2D eigenvalue weighted by molar-refractivity contribution is 5.96. The number of ether oxygens (including phenoxy) is 1. The van der Waals surface area contributed by atoms with Crippen LogP contribution in [0.2, 0.25) is 0 Å². The van der Waals surface area contributed by atoms with Crippen LogP contribution in [0.25, 0.3) is 0 Å². The maximum absolute atomic E-state index is 12.1. The van der Waals surface area contributed by atoms with Crippen LogP contribution in [-0.4, -0.2) is 43.8 Å². The Morgan fingerprint density at radius 2 is 1.78 bits per heavy atom. The normalized spacial score (nSPS) is 11.2. The van der Waals surface area contributed by atoms with E-state index in [0.29, 0.717) is 37.9 Å². The summed E-state index contributed by atoms with van der Waals surface area (Å²) in [5.41, 5.74) is 6.24. The molecule has 0 heterocycles. The van der Waals surface area contributed by atoms with E-state index in [2.05, 4.69) is 0 Å². The summed E-state index contributed by atoms with van der Waals surface area (Å²) < 4.78 is 5.07. The van der Waals surface area contributed by atoms with Gasteiger partial charge in [-0.1, -0.05) is 13.8 Å². The van der Waals surface area contributed by atoms with Gasteiger partial charge in [-0.25, -0.2) is 0 Å². The average Bonchev–Trinajstić information content (AvgIpc) is 2.54. The second-order valence-electron chi connectivity index (χ2n) is 6.62. The molecular formula is C18H28N2O3. The second kappa shape index (κ2) is 8.67. The summed E-state index contributed by atoms with van der Waals surface area (Å²) in [7, 11) is 3.37. The molecule has 0 aromatic heterocycles. The number of hydrogen-bond donors (Lipinski definition) is 1. The van der Waals surface area contributed by atoms with E-state index in [-0.39, 0.29) is 17.1 Å². The van der Waals surface area contributed by atoms with Crippen LogP contribution in [0.5, 0.6) is 5.75 Å². The molecule has 0 bridgehead atoms. The molecule has 0 unspecified atom stereocenters. The van der Waals surface area contributed by atoms with Crippen molar-refractivity contribution in [1.29, 1.82) is 0 Å². The molecule has 1 aromatic carbocycles. The van der Waals surface area contributed by atoms with E-state index >= 15 is 0 Å². The Bertz CT molecular complexity index is 524. The first-order chi connectivity index (χ1) is 10.8. The Balaban J connectivity index is 2.40. The minimum Gasteiger partial charge on any atom is -0.497 e. The van der Waals surface area contributed by atoms with Gasteiger partial charge < -0.3 is 15.4 Å². The van der Waals surface area contributed by atoms with Gasteiger partial charge in [-0.3, -0.25) is 9.59 Å². The van der Waals surface area contributed by atoms with E-state index in [9.17, 15) is 9.59 Å². The summed E-state index contributed by atoms with van der Waals surface area (Å²) in [6.45, 7) is 5.21. The minimum absolute atomic E-state index is 0.0467. The summed E-state index contributed by atoms with van der Waals surface area (Å²) in [5, 5.41) is 0. The smallest absolute Gasteiger partial charge is 0.222 e. The van der Waals surface area contributed by atoms with Crippen LogP contribution in [0.3, 0.4) is 0 Å². The van der Waals surface area contributed by atoms with Crippen LogP contribution in [0.15, 0.2) is 24.3 Å². The molecule has 23 heavy (non-hydrogen) atoms. The fourth-order valence-corrected chi connectivity index (χ4v) is 2.31. The van der Waals surface area contributed by atoms with Crippen molar-refractivity contribution in [1.82, 2.24) is 4.90 Å². The van der Waals surface area contributed by atoms with Crippen molar-refractivity contribution in [2.45, 2.75) is 33.1 Å². The number of methoxy groups -OCH3 is 1. The predicted molar refractivity (Wildman–Crippen MR) is 91.6 cm³/mol. The zero-order valence-electron chi connectivity index (χ0n) is 14.6. The standard InChI is InChI=1S/C18H28N2O3/c1-18(2,12-19)13-20(3)17(22)7-5-6-16(21)14-8-10-15(23-4)11-9-14/h8-11H,5-7,12-13,19H2,1-4H3. The maximum Gasteiger partial charge on any atom is 0.222 e. The third-order valence-electron chi connectivity index (χ3n) is 3.85. The van der Waals surface area contributed by atoms with Gasteiger partial charge in [0.15, 0.2) is 5.78 Å². The average molecular weight is 320 g/mol. The molecule has 0 aliphatic rings. The largest absolute Gasteiger partial charge is 0.497 e. The quantitative estimate of drug-likeness (QED) is 0.710. The van der Waals surface area contributed by atoms with Gasteiger partial charge in [0.2, 0.25) is 5.91 Å². The predicted octanol–water partition coefficient (Wildman–Crippen LogP) is 2.49. The van der Waals surface area contributed by atoms with Crippen LogP contribution >= 0.6 is 0 Å². The molecule has 128 valence electrons. The number of carbonyl (C=O) groups excluding carboxylic acids is 2. The van der Waals surface area contributed by atoms with Crippen molar-refractivity contribution < 1.29 is 14.3 Å². The van der Waals surface area contributed by atoms with Crippen molar-refractivity contribution in [2.75, 3.05) is 27.2 Å². The third-order valence-corrected chi connectivity index (χ3v) is 3.85. The van der Waals surface area contributed by atoms with Gasteiger partial charge >= 0.3 is 0 Å². The molecular weight excluding hydrogens is 292 g/mol.